The van der Waals surface area contributed by atoms with Gasteiger partial charge in [-0.25, -0.2) is 4.79 Å². The number of rotatable bonds is 10. The highest BCUT2D eigenvalue weighted by atomic mass is 19.3. The van der Waals surface area contributed by atoms with Crippen LogP contribution in [0.15, 0.2) is 36.9 Å². The second-order valence-electron chi connectivity index (χ2n) is 4.90. The SMILES string of the molecule is C=CCNC(=O)[C@H](C)OC(=O)/C=C/c1ccc(OC(F)F)cc1OC(F)F. The lowest BCUT2D eigenvalue weighted by Crippen LogP contribution is -2.35. The molecule has 0 saturated heterocycles. The smallest absolute Gasteiger partial charge is 0.387 e. The summed E-state index contributed by atoms with van der Waals surface area (Å²) in [5, 5.41) is 2.43. The zero-order chi connectivity index (χ0) is 20.4. The van der Waals surface area contributed by atoms with Gasteiger partial charge >= 0.3 is 19.2 Å². The van der Waals surface area contributed by atoms with Gasteiger partial charge in [-0.3, -0.25) is 4.79 Å². The summed E-state index contributed by atoms with van der Waals surface area (Å²) in [7, 11) is 0. The van der Waals surface area contributed by atoms with Crippen molar-refractivity contribution in [3.05, 3.63) is 42.5 Å². The van der Waals surface area contributed by atoms with Crippen LogP contribution in [0.4, 0.5) is 17.6 Å². The molecule has 0 aliphatic heterocycles. The van der Waals surface area contributed by atoms with Gasteiger partial charge in [0, 0.05) is 24.3 Å². The highest BCUT2D eigenvalue weighted by Gasteiger charge is 2.16. The third kappa shape index (κ3) is 8.25. The molecule has 0 aromatic heterocycles. The molecule has 148 valence electrons. The first-order valence-electron chi connectivity index (χ1n) is 7.54. The maximum absolute atomic E-state index is 12.5. The standard InChI is InChI=1S/C17H17F4NO5/c1-3-8-22-15(24)10(2)25-14(23)7-5-11-4-6-12(26-16(18)19)9-13(11)27-17(20)21/h3-7,9-10,16-17H,1,8H2,2H3,(H,22,24)/b7-5+/t10-/m0/s1. The Morgan fingerprint density at radius 1 is 1.19 bits per heavy atom. The monoisotopic (exact) mass is 391 g/mol. The zero-order valence-corrected chi connectivity index (χ0v) is 14.2. The van der Waals surface area contributed by atoms with Crippen molar-refractivity contribution >= 4 is 18.0 Å². The highest BCUT2D eigenvalue weighted by Crippen LogP contribution is 2.28. The van der Waals surface area contributed by atoms with Gasteiger partial charge in [0.25, 0.3) is 5.91 Å². The third-order valence-electron chi connectivity index (χ3n) is 2.91. The van der Waals surface area contributed by atoms with Crippen molar-refractivity contribution in [3.63, 3.8) is 0 Å². The van der Waals surface area contributed by atoms with Gasteiger partial charge in [-0.05, 0) is 25.1 Å². The van der Waals surface area contributed by atoms with Crippen molar-refractivity contribution in [1.29, 1.82) is 0 Å². The molecule has 1 amide bonds. The molecule has 0 bridgehead atoms. The summed E-state index contributed by atoms with van der Waals surface area (Å²) in [6, 6.07) is 3.05. The molecule has 0 aliphatic rings. The lowest BCUT2D eigenvalue weighted by molar-refractivity contribution is -0.150. The predicted molar refractivity (Wildman–Crippen MR) is 87.5 cm³/mol. The maximum atomic E-state index is 12.5. The fourth-order valence-corrected chi connectivity index (χ4v) is 1.77. The maximum Gasteiger partial charge on any atom is 0.387 e. The Bertz CT molecular complexity index is 694. The lowest BCUT2D eigenvalue weighted by Gasteiger charge is -2.12. The average Bonchev–Trinajstić information content (AvgIpc) is 2.57. The molecule has 6 nitrogen and oxygen atoms in total. The minimum Gasteiger partial charge on any atom is -0.449 e. The van der Waals surface area contributed by atoms with Crippen molar-refractivity contribution in [2.45, 2.75) is 26.3 Å². The van der Waals surface area contributed by atoms with Crippen molar-refractivity contribution in [1.82, 2.24) is 5.32 Å². The van der Waals surface area contributed by atoms with Crippen LogP contribution in [0.1, 0.15) is 12.5 Å². The van der Waals surface area contributed by atoms with Crippen molar-refractivity contribution in [3.8, 4) is 11.5 Å². The van der Waals surface area contributed by atoms with Crippen molar-refractivity contribution < 1.29 is 41.4 Å². The molecule has 1 aromatic carbocycles. The van der Waals surface area contributed by atoms with E-state index >= 15 is 0 Å². The summed E-state index contributed by atoms with van der Waals surface area (Å²) in [5.74, 6) is -2.35. The van der Waals surface area contributed by atoms with E-state index in [1.165, 1.54) is 13.0 Å². The number of halogens is 4. The molecular weight excluding hydrogens is 374 g/mol. The van der Waals surface area contributed by atoms with Crippen LogP contribution in [0.5, 0.6) is 11.5 Å². The summed E-state index contributed by atoms with van der Waals surface area (Å²) in [5.41, 5.74) is -0.0161. The molecule has 1 aromatic rings. The molecule has 1 rings (SSSR count). The van der Waals surface area contributed by atoms with E-state index in [0.29, 0.717) is 0 Å². The van der Waals surface area contributed by atoms with Gasteiger partial charge in [-0.15, -0.1) is 6.58 Å². The van der Waals surface area contributed by atoms with Crippen LogP contribution in [0.25, 0.3) is 6.08 Å². The fraction of sp³-hybridized carbons (Fsp3) is 0.294. The molecule has 0 radical (unpaired) electrons. The number of ether oxygens (including phenoxy) is 3. The number of benzene rings is 1. The van der Waals surface area contributed by atoms with Crippen LogP contribution in [-0.4, -0.2) is 37.7 Å². The van der Waals surface area contributed by atoms with Crippen LogP contribution in [-0.2, 0) is 14.3 Å². The Morgan fingerprint density at radius 3 is 2.44 bits per heavy atom. The first-order chi connectivity index (χ1) is 12.7. The van der Waals surface area contributed by atoms with E-state index in [-0.39, 0.29) is 12.1 Å². The lowest BCUT2D eigenvalue weighted by atomic mass is 10.1. The Labute approximate surface area is 152 Å². The first kappa shape index (κ1) is 22.0. The molecule has 0 saturated carbocycles. The van der Waals surface area contributed by atoms with E-state index in [0.717, 1.165) is 30.4 Å². The number of hydrogen-bond acceptors (Lipinski definition) is 5. The number of hydrogen-bond donors (Lipinski definition) is 1. The summed E-state index contributed by atoms with van der Waals surface area (Å²) in [6.45, 7) is -1.42. The molecular formula is C17H17F4NO5. The topological polar surface area (TPSA) is 73.9 Å². The number of esters is 1. The zero-order valence-electron chi connectivity index (χ0n) is 14.2. The molecule has 1 N–H and O–H groups in total. The molecule has 0 aliphatic carbocycles. The summed E-state index contributed by atoms with van der Waals surface area (Å²) < 4.78 is 62.5. The largest absolute Gasteiger partial charge is 0.449 e. The summed E-state index contributed by atoms with van der Waals surface area (Å²) >= 11 is 0. The van der Waals surface area contributed by atoms with Gasteiger partial charge in [0.2, 0.25) is 0 Å². The predicted octanol–water partition coefficient (Wildman–Crippen LogP) is 3.14. The van der Waals surface area contributed by atoms with E-state index in [1.807, 2.05) is 0 Å². The van der Waals surface area contributed by atoms with Gasteiger partial charge < -0.3 is 19.5 Å². The summed E-state index contributed by atoms with van der Waals surface area (Å²) in [6.07, 6.45) is 2.29. The van der Waals surface area contributed by atoms with E-state index in [1.54, 1.807) is 0 Å². The third-order valence-corrected chi connectivity index (χ3v) is 2.91. The average molecular weight is 391 g/mol. The van der Waals surface area contributed by atoms with Crippen LogP contribution in [0.3, 0.4) is 0 Å². The van der Waals surface area contributed by atoms with Crippen LogP contribution in [0, 0.1) is 0 Å². The Morgan fingerprint density at radius 2 is 1.85 bits per heavy atom. The Hall–Kier alpha value is -3.04. The summed E-state index contributed by atoms with van der Waals surface area (Å²) in [4.78, 5) is 23.3. The number of nitrogens with one attached hydrogen (secondary N) is 1. The van der Waals surface area contributed by atoms with Crippen molar-refractivity contribution in [2.75, 3.05) is 6.54 Å². The van der Waals surface area contributed by atoms with Gasteiger partial charge in [-0.1, -0.05) is 6.08 Å². The fourth-order valence-electron chi connectivity index (χ4n) is 1.77. The molecule has 1 atom stereocenters. The van der Waals surface area contributed by atoms with Gasteiger partial charge in [0.05, 0.1) is 0 Å². The van der Waals surface area contributed by atoms with E-state index in [4.69, 9.17) is 4.74 Å². The number of carbonyl (C=O) groups is 2. The molecule has 0 fully saturated rings. The molecule has 0 heterocycles. The second-order valence-corrected chi connectivity index (χ2v) is 4.90. The number of alkyl halides is 4. The van der Waals surface area contributed by atoms with Crippen LogP contribution < -0.4 is 14.8 Å². The highest BCUT2D eigenvalue weighted by molar-refractivity contribution is 5.90. The Kier molecular flexibility index (Phi) is 8.83. The van der Waals surface area contributed by atoms with E-state index < -0.39 is 42.7 Å². The molecule has 10 heteroatoms. The van der Waals surface area contributed by atoms with Gasteiger partial charge in [0.15, 0.2) is 6.10 Å². The Balaban J connectivity index is 2.84. The minimum absolute atomic E-state index is 0.0161. The van der Waals surface area contributed by atoms with E-state index in [2.05, 4.69) is 21.4 Å². The molecule has 0 spiro atoms. The number of carbonyl (C=O) groups excluding carboxylic acids is 2. The van der Waals surface area contributed by atoms with Gasteiger partial charge in [-0.2, -0.15) is 17.6 Å². The number of amides is 1. The first-order valence-corrected chi connectivity index (χ1v) is 7.54. The van der Waals surface area contributed by atoms with Crippen LogP contribution in [0.2, 0.25) is 0 Å². The quantitative estimate of drug-likeness (QED) is 0.287. The molecule has 0 unspecified atom stereocenters. The van der Waals surface area contributed by atoms with Gasteiger partial charge in [0.1, 0.15) is 11.5 Å². The second kappa shape index (κ2) is 10.8. The van der Waals surface area contributed by atoms with Crippen LogP contribution >= 0.6 is 0 Å². The normalized spacial score (nSPS) is 12.1. The van der Waals surface area contributed by atoms with E-state index in [9.17, 15) is 27.2 Å². The van der Waals surface area contributed by atoms with Crippen molar-refractivity contribution in [2.24, 2.45) is 0 Å². The molecule has 27 heavy (non-hydrogen) atoms. The minimum atomic E-state index is -3.22.